The molecule has 5 heteroatoms. The molecule has 3 N–H and O–H groups in total. The van der Waals surface area contributed by atoms with Crippen molar-refractivity contribution in [1.29, 1.82) is 0 Å². The minimum atomic E-state index is -1.12. The van der Waals surface area contributed by atoms with Crippen LogP contribution in [-0.2, 0) is 0 Å². The van der Waals surface area contributed by atoms with Gasteiger partial charge in [-0.3, -0.25) is 4.79 Å². The Hall–Kier alpha value is -2.82. The molecular weight excluding hydrogens is 248 g/mol. The van der Waals surface area contributed by atoms with Crippen LogP contribution in [0.15, 0.2) is 42.5 Å². The zero-order valence-corrected chi connectivity index (χ0v) is 9.70. The first-order valence-electron chi connectivity index (χ1n) is 5.39. The molecule has 2 aromatic rings. The molecule has 0 spiro atoms. The van der Waals surface area contributed by atoms with Crippen molar-refractivity contribution in [3.63, 3.8) is 0 Å². The summed E-state index contributed by atoms with van der Waals surface area (Å²) in [6, 6.07) is 9.27. The van der Waals surface area contributed by atoms with Gasteiger partial charge in [-0.25, -0.2) is 4.79 Å². The lowest BCUT2D eigenvalue weighted by Crippen LogP contribution is -2.04. The van der Waals surface area contributed by atoms with Gasteiger partial charge in [0.15, 0.2) is 17.3 Å². The van der Waals surface area contributed by atoms with E-state index in [9.17, 15) is 19.8 Å². The third-order valence-electron chi connectivity index (χ3n) is 2.61. The predicted octanol–water partition coefficient (Wildman–Crippen LogP) is 2.03. The normalized spacial score (nSPS) is 10.1. The van der Waals surface area contributed by atoms with Crippen molar-refractivity contribution in [3.05, 3.63) is 59.2 Å². The Kier molecular flexibility index (Phi) is 3.20. The highest BCUT2D eigenvalue weighted by atomic mass is 16.4. The predicted molar refractivity (Wildman–Crippen MR) is 66.6 cm³/mol. The van der Waals surface area contributed by atoms with Crippen LogP contribution >= 0.6 is 0 Å². The van der Waals surface area contributed by atoms with Crippen LogP contribution in [0, 0.1) is 0 Å². The van der Waals surface area contributed by atoms with E-state index in [4.69, 9.17) is 5.11 Å². The summed E-state index contributed by atoms with van der Waals surface area (Å²) in [7, 11) is 0. The summed E-state index contributed by atoms with van der Waals surface area (Å²) in [6.45, 7) is 0. The summed E-state index contributed by atoms with van der Waals surface area (Å²) in [4.78, 5) is 22.9. The maximum atomic E-state index is 12.1. The average molecular weight is 258 g/mol. The second-order valence-electron chi connectivity index (χ2n) is 3.92. The summed E-state index contributed by atoms with van der Waals surface area (Å²) in [5.41, 5.74) is 0.372. The Morgan fingerprint density at radius 1 is 0.789 bits per heavy atom. The van der Waals surface area contributed by atoms with Gasteiger partial charge in [-0.1, -0.05) is 12.1 Å². The molecule has 0 radical (unpaired) electrons. The fraction of sp³-hybridized carbons (Fsp3) is 0. The van der Waals surface area contributed by atoms with Gasteiger partial charge in [-0.05, 0) is 30.3 Å². The molecular formula is C14H10O5. The molecule has 0 fully saturated rings. The van der Waals surface area contributed by atoms with Crippen LogP contribution in [0.1, 0.15) is 26.3 Å². The molecule has 0 aliphatic carbocycles. The largest absolute Gasteiger partial charge is 0.504 e. The summed E-state index contributed by atoms with van der Waals surface area (Å²) >= 11 is 0. The SMILES string of the molecule is O=C(O)c1cccc(C(=O)c2ccc(O)c(O)c2)c1. The van der Waals surface area contributed by atoms with Gasteiger partial charge in [0.25, 0.3) is 0 Å². The molecule has 0 atom stereocenters. The van der Waals surface area contributed by atoms with E-state index in [2.05, 4.69) is 0 Å². The molecule has 0 bridgehead atoms. The maximum absolute atomic E-state index is 12.1. The second kappa shape index (κ2) is 4.81. The molecule has 0 amide bonds. The smallest absolute Gasteiger partial charge is 0.335 e. The van der Waals surface area contributed by atoms with E-state index in [-0.39, 0.29) is 22.4 Å². The Morgan fingerprint density at radius 2 is 1.42 bits per heavy atom. The van der Waals surface area contributed by atoms with Gasteiger partial charge in [-0.15, -0.1) is 0 Å². The molecule has 2 rings (SSSR count). The van der Waals surface area contributed by atoms with E-state index < -0.39 is 17.5 Å². The Bertz CT molecular complexity index is 661. The van der Waals surface area contributed by atoms with Crippen molar-refractivity contribution >= 4 is 11.8 Å². The van der Waals surface area contributed by atoms with Gasteiger partial charge >= 0.3 is 5.97 Å². The van der Waals surface area contributed by atoms with Crippen molar-refractivity contribution < 1.29 is 24.9 Å². The van der Waals surface area contributed by atoms with E-state index in [0.29, 0.717) is 0 Å². The molecule has 0 unspecified atom stereocenters. The van der Waals surface area contributed by atoms with Crippen molar-refractivity contribution in [2.75, 3.05) is 0 Å². The molecule has 0 aromatic heterocycles. The van der Waals surface area contributed by atoms with E-state index in [0.717, 1.165) is 6.07 Å². The Balaban J connectivity index is 2.41. The lowest BCUT2D eigenvalue weighted by molar-refractivity contribution is 0.0697. The van der Waals surface area contributed by atoms with Gasteiger partial charge in [-0.2, -0.15) is 0 Å². The minimum absolute atomic E-state index is 0.00819. The first-order valence-corrected chi connectivity index (χ1v) is 5.39. The lowest BCUT2D eigenvalue weighted by atomic mass is 10.0. The minimum Gasteiger partial charge on any atom is -0.504 e. The number of aromatic hydroxyl groups is 2. The lowest BCUT2D eigenvalue weighted by Gasteiger charge is -2.04. The number of phenols is 2. The van der Waals surface area contributed by atoms with Gasteiger partial charge in [0.05, 0.1) is 5.56 Å². The van der Waals surface area contributed by atoms with Gasteiger partial charge in [0.1, 0.15) is 0 Å². The maximum Gasteiger partial charge on any atom is 0.335 e. The fourth-order valence-corrected chi connectivity index (χ4v) is 1.62. The molecule has 19 heavy (non-hydrogen) atoms. The van der Waals surface area contributed by atoms with Gasteiger partial charge < -0.3 is 15.3 Å². The van der Waals surface area contributed by atoms with E-state index in [1.165, 1.54) is 36.4 Å². The monoisotopic (exact) mass is 258 g/mol. The molecule has 0 aliphatic heterocycles. The number of carbonyl (C=O) groups excluding carboxylic acids is 1. The van der Waals surface area contributed by atoms with Crippen molar-refractivity contribution in [1.82, 2.24) is 0 Å². The van der Waals surface area contributed by atoms with Crippen LogP contribution in [-0.4, -0.2) is 27.1 Å². The quantitative estimate of drug-likeness (QED) is 0.578. The highest BCUT2D eigenvalue weighted by Gasteiger charge is 2.13. The average Bonchev–Trinajstić information content (AvgIpc) is 2.41. The topological polar surface area (TPSA) is 94.8 Å². The van der Waals surface area contributed by atoms with Gasteiger partial charge in [0, 0.05) is 11.1 Å². The first kappa shape index (κ1) is 12.6. The number of phenolic OH excluding ortho intramolecular Hbond substituents is 2. The van der Waals surface area contributed by atoms with Crippen molar-refractivity contribution in [3.8, 4) is 11.5 Å². The summed E-state index contributed by atoms with van der Waals surface area (Å²) < 4.78 is 0. The van der Waals surface area contributed by atoms with Crippen LogP contribution in [0.4, 0.5) is 0 Å². The summed E-state index contributed by atoms with van der Waals surface area (Å²) in [5.74, 6) is -2.28. The van der Waals surface area contributed by atoms with Crippen LogP contribution in [0.25, 0.3) is 0 Å². The molecule has 96 valence electrons. The number of benzene rings is 2. The zero-order chi connectivity index (χ0) is 14.0. The number of carboxylic acids is 1. The summed E-state index contributed by atoms with van der Waals surface area (Å²) in [5, 5.41) is 27.4. The Morgan fingerprint density at radius 3 is 2.05 bits per heavy atom. The number of carboxylic acid groups (broad SMARTS) is 1. The fourth-order valence-electron chi connectivity index (χ4n) is 1.62. The van der Waals surface area contributed by atoms with E-state index >= 15 is 0 Å². The standard InChI is InChI=1S/C14H10O5/c15-11-5-4-9(7-12(11)16)13(17)8-2-1-3-10(6-8)14(18)19/h1-7,15-16H,(H,18,19). The summed E-state index contributed by atoms with van der Waals surface area (Å²) in [6.07, 6.45) is 0. The van der Waals surface area contributed by atoms with Crippen molar-refractivity contribution in [2.24, 2.45) is 0 Å². The number of carbonyl (C=O) groups is 2. The van der Waals surface area contributed by atoms with Gasteiger partial charge in [0.2, 0.25) is 0 Å². The molecule has 0 saturated carbocycles. The highest BCUT2D eigenvalue weighted by Crippen LogP contribution is 2.26. The molecule has 0 saturated heterocycles. The third kappa shape index (κ3) is 2.55. The molecule has 0 aliphatic rings. The molecule has 2 aromatic carbocycles. The number of aromatic carboxylic acids is 1. The Labute approximate surface area is 108 Å². The van der Waals surface area contributed by atoms with E-state index in [1.807, 2.05) is 0 Å². The van der Waals surface area contributed by atoms with E-state index in [1.54, 1.807) is 0 Å². The molecule has 0 heterocycles. The highest BCUT2D eigenvalue weighted by molar-refractivity contribution is 6.10. The van der Waals surface area contributed by atoms with Crippen LogP contribution in [0.3, 0.4) is 0 Å². The number of hydrogen-bond donors (Lipinski definition) is 3. The third-order valence-corrected chi connectivity index (χ3v) is 2.61. The number of rotatable bonds is 3. The zero-order valence-electron chi connectivity index (χ0n) is 9.70. The van der Waals surface area contributed by atoms with Crippen LogP contribution in [0.2, 0.25) is 0 Å². The van der Waals surface area contributed by atoms with Crippen LogP contribution < -0.4 is 0 Å². The van der Waals surface area contributed by atoms with Crippen LogP contribution in [0.5, 0.6) is 11.5 Å². The van der Waals surface area contributed by atoms with Crippen molar-refractivity contribution in [2.45, 2.75) is 0 Å². The number of hydrogen-bond acceptors (Lipinski definition) is 4. The molecule has 5 nitrogen and oxygen atoms in total. The second-order valence-corrected chi connectivity index (χ2v) is 3.92. The first-order chi connectivity index (χ1) is 8.99. The number of ketones is 1.